The van der Waals surface area contributed by atoms with Crippen LogP contribution in [0.5, 0.6) is 0 Å². The summed E-state index contributed by atoms with van der Waals surface area (Å²) in [5.41, 5.74) is 12.6. The summed E-state index contributed by atoms with van der Waals surface area (Å²) in [5, 5.41) is 4.08. The molecule has 281 valence electrons. The Morgan fingerprint density at radius 2 is 1.55 bits per heavy atom. The molecule has 56 heavy (non-hydrogen) atoms. The molecule has 0 bridgehead atoms. The number of rotatable bonds is 5. The summed E-state index contributed by atoms with van der Waals surface area (Å²) in [6, 6.07) is 46.4. The van der Waals surface area contributed by atoms with Gasteiger partial charge in [-0.1, -0.05) is 84.7 Å². The Kier molecular flexibility index (Phi) is 11.1. The Balaban J connectivity index is 0.000000238. The van der Waals surface area contributed by atoms with Crippen molar-refractivity contribution in [2.45, 2.75) is 40.4 Å². The zero-order chi connectivity index (χ0) is 38.4. The standard InChI is InChI=1S/C34H25FN2OP.C14H16NSi.Ir/c1-19-14-20(2)32(21(3)15-19)37-29-12-5-4-11-28(29)36-34(37)27-10-6-9-26-31-25(8-7-13-30(31)38-33(26)27)22-16-23(35)18-24(39)17-22;1-16(2,3)13-9-10-14(15-11-13)12-7-5-4-6-8-12;/h4-9,11-18H,39H2,1-3H3;4-7,9-11H,1-3H3;/q2*-1;. The van der Waals surface area contributed by atoms with Crippen molar-refractivity contribution in [1.82, 2.24) is 14.5 Å². The summed E-state index contributed by atoms with van der Waals surface area (Å²) < 4.78 is 23.2. The number of pyridine rings is 1. The summed E-state index contributed by atoms with van der Waals surface area (Å²) in [5.74, 6) is 0.504. The zero-order valence-corrected chi connectivity index (χ0v) is 36.7. The molecule has 0 amide bonds. The molecule has 0 fully saturated rings. The molecule has 0 saturated carbocycles. The van der Waals surface area contributed by atoms with Crippen molar-refractivity contribution in [2.24, 2.45) is 0 Å². The minimum atomic E-state index is -1.23. The van der Waals surface area contributed by atoms with Crippen molar-refractivity contribution < 1.29 is 28.9 Å². The number of imidazole rings is 1. The van der Waals surface area contributed by atoms with E-state index < -0.39 is 8.07 Å². The second-order valence-electron chi connectivity index (χ2n) is 15.1. The topological polar surface area (TPSA) is 43.9 Å². The van der Waals surface area contributed by atoms with E-state index in [1.165, 1.54) is 27.9 Å². The molecular weight excluding hydrogens is 905 g/mol. The third-order valence-corrected chi connectivity index (χ3v) is 12.3. The summed E-state index contributed by atoms with van der Waals surface area (Å²) in [7, 11) is 1.36. The van der Waals surface area contributed by atoms with Gasteiger partial charge in [0.2, 0.25) is 0 Å². The minimum absolute atomic E-state index is 0. The molecule has 1 radical (unpaired) electrons. The molecule has 0 aliphatic rings. The van der Waals surface area contributed by atoms with Gasteiger partial charge in [-0.15, -0.1) is 63.3 Å². The molecule has 0 spiro atoms. The van der Waals surface area contributed by atoms with Crippen LogP contribution in [0.2, 0.25) is 19.6 Å². The van der Waals surface area contributed by atoms with Crippen LogP contribution in [0.1, 0.15) is 16.7 Å². The number of para-hydroxylation sites is 2. The average Bonchev–Trinajstić information content (AvgIpc) is 3.73. The molecule has 4 nitrogen and oxygen atoms in total. The van der Waals surface area contributed by atoms with E-state index in [2.05, 4.69) is 102 Å². The largest absolute Gasteiger partial charge is 0.501 e. The number of furan rings is 1. The molecule has 3 aromatic heterocycles. The van der Waals surface area contributed by atoms with Crippen molar-refractivity contribution in [1.29, 1.82) is 0 Å². The van der Waals surface area contributed by atoms with E-state index in [0.29, 0.717) is 5.58 Å². The number of aromatic nitrogens is 3. The number of halogens is 1. The van der Waals surface area contributed by atoms with Crippen molar-refractivity contribution in [3.05, 3.63) is 162 Å². The third-order valence-electron chi connectivity index (χ3n) is 9.95. The van der Waals surface area contributed by atoms with Crippen LogP contribution in [-0.4, -0.2) is 22.6 Å². The van der Waals surface area contributed by atoms with E-state index in [0.717, 1.165) is 72.2 Å². The second-order valence-corrected chi connectivity index (χ2v) is 20.9. The maximum atomic E-state index is 14.4. The number of fused-ring (bicyclic) bond motifs is 4. The maximum absolute atomic E-state index is 14.4. The predicted molar refractivity (Wildman–Crippen MR) is 233 cm³/mol. The molecule has 8 heteroatoms. The fourth-order valence-corrected chi connectivity index (χ4v) is 8.83. The molecule has 0 N–H and O–H groups in total. The molecule has 9 aromatic rings. The van der Waals surface area contributed by atoms with Gasteiger partial charge in [0, 0.05) is 37.4 Å². The van der Waals surface area contributed by atoms with Gasteiger partial charge in [0.15, 0.2) is 0 Å². The monoisotopic (exact) mass is 946 g/mol. The molecule has 9 rings (SSSR count). The first-order valence-corrected chi connectivity index (χ1v) is 22.5. The van der Waals surface area contributed by atoms with E-state index >= 15 is 0 Å². The number of hydrogen-bond acceptors (Lipinski definition) is 3. The third kappa shape index (κ3) is 7.57. The van der Waals surface area contributed by atoms with Crippen LogP contribution in [0.3, 0.4) is 0 Å². The fraction of sp³-hybridized carbons (Fsp3) is 0.125. The van der Waals surface area contributed by atoms with Gasteiger partial charge in [0.25, 0.3) is 0 Å². The molecule has 3 heterocycles. The average molecular weight is 946 g/mol. The van der Waals surface area contributed by atoms with E-state index in [9.17, 15) is 4.39 Å². The van der Waals surface area contributed by atoms with Crippen LogP contribution >= 0.6 is 9.24 Å². The SMILES string of the molecule is C[Si](C)(C)c1ccc(-c2[c-]cccc2)nc1.Cc1cc(C)c(-n2c(-c3[c-]ccc4c3oc3cccc(-c5cc(F)cc(P)c5)c34)nc3ccccc32)c(C)c1.[Ir]. The van der Waals surface area contributed by atoms with Gasteiger partial charge in [0.1, 0.15) is 11.4 Å². The summed E-state index contributed by atoms with van der Waals surface area (Å²) in [4.78, 5) is 9.63. The molecule has 0 aliphatic carbocycles. The number of benzene rings is 6. The van der Waals surface area contributed by atoms with Gasteiger partial charge in [-0.3, -0.25) is 4.98 Å². The van der Waals surface area contributed by atoms with Gasteiger partial charge in [-0.25, -0.2) is 4.39 Å². The van der Waals surface area contributed by atoms with Crippen molar-refractivity contribution in [3.8, 4) is 39.5 Å². The van der Waals surface area contributed by atoms with Crippen LogP contribution in [-0.2, 0) is 20.1 Å². The number of aryl methyl sites for hydroxylation is 3. The molecule has 0 aliphatic heterocycles. The second kappa shape index (κ2) is 15.8. The normalized spacial score (nSPS) is 11.4. The van der Waals surface area contributed by atoms with E-state index in [1.54, 1.807) is 6.07 Å². The number of hydrogen-bond donors (Lipinski definition) is 0. The first kappa shape index (κ1) is 39.2. The Hall–Kier alpha value is -5.03. The minimum Gasteiger partial charge on any atom is -0.501 e. The zero-order valence-electron chi connectivity index (χ0n) is 32.2. The van der Waals surface area contributed by atoms with E-state index in [4.69, 9.17) is 9.40 Å². The summed E-state index contributed by atoms with van der Waals surface area (Å²) in [6.07, 6.45) is 2.02. The van der Waals surface area contributed by atoms with Crippen molar-refractivity contribution >= 4 is 60.8 Å². The van der Waals surface area contributed by atoms with Crippen LogP contribution in [0, 0.1) is 38.7 Å². The smallest absolute Gasteiger partial charge is 0.124 e. The molecule has 0 saturated heterocycles. The van der Waals surface area contributed by atoms with Crippen LogP contribution in [0.4, 0.5) is 4.39 Å². The quantitative estimate of drug-likeness (QED) is 0.0981. The van der Waals surface area contributed by atoms with Gasteiger partial charge in [-0.05, 0) is 95.6 Å². The Labute approximate surface area is 344 Å². The van der Waals surface area contributed by atoms with E-state index in [1.807, 2.05) is 85.1 Å². The molecule has 1 unspecified atom stereocenters. The Bertz CT molecular complexity index is 2820. The molecule has 1 atom stereocenters. The van der Waals surface area contributed by atoms with Gasteiger partial charge >= 0.3 is 0 Å². The summed E-state index contributed by atoms with van der Waals surface area (Å²) >= 11 is 0. The van der Waals surface area contributed by atoms with Gasteiger partial charge < -0.3 is 14.0 Å². The Morgan fingerprint density at radius 3 is 2.25 bits per heavy atom. The van der Waals surface area contributed by atoms with Crippen LogP contribution in [0.25, 0.3) is 72.4 Å². The van der Waals surface area contributed by atoms with Gasteiger partial charge in [0.05, 0.1) is 30.5 Å². The molecule has 6 aromatic carbocycles. The fourth-order valence-electron chi connectivity index (χ4n) is 7.46. The first-order chi connectivity index (χ1) is 26.5. The van der Waals surface area contributed by atoms with Crippen molar-refractivity contribution in [3.63, 3.8) is 0 Å². The first-order valence-electron chi connectivity index (χ1n) is 18.4. The van der Waals surface area contributed by atoms with Crippen LogP contribution in [0.15, 0.2) is 132 Å². The number of nitrogens with zero attached hydrogens (tertiary/aromatic N) is 3. The van der Waals surface area contributed by atoms with Gasteiger partial charge in [-0.2, -0.15) is 0 Å². The molecular formula is C48H41FIrN3OPSi-2. The summed E-state index contributed by atoms with van der Waals surface area (Å²) in [6.45, 7) is 13.4. The predicted octanol–water partition coefficient (Wildman–Crippen LogP) is 11.7. The van der Waals surface area contributed by atoms with E-state index in [-0.39, 0.29) is 25.9 Å². The Morgan fingerprint density at radius 1 is 0.786 bits per heavy atom. The van der Waals surface area contributed by atoms with Crippen LogP contribution < -0.4 is 10.5 Å². The maximum Gasteiger partial charge on any atom is 0.124 e. The van der Waals surface area contributed by atoms with Crippen molar-refractivity contribution in [2.75, 3.05) is 0 Å².